The normalized spacial score (nSPS) is 24.7. The monoisotopic (exact) mass is 305 g/mol. The lowest BCUT2D eigenvalue weighted by molar-refractivity contribution is 0.108. The van der Waals surface area contributed by atoms with Gasteiger partial charge < -0.3 is 10.1 Å². The van der Waals surface area contributed by atoms with Gasteiger partial charge in [-0.05, 0) is 40.9 Å². The molecule has 4 nitrogen and oxygen atoms in total. The summed E-state index contributed by atoms with van der Waals surface area (Å²) in [4.78, 5) is 7.99. The van der Waals surface area contributed by atoms with Gasteiger partial charge in [0.15, 0.2) is 0 Å². The van der Waals surface area contributed by atoms with E-state index in [2.05, 4.69) is 38.1 Å². The summed E-state index contributed by atoms with van der Waals surface area (Å²) in [6.07, 6.45) is 3.04. The van der Waals surface area contributed by atoms with Crippen molar-refractivity contribution in [1.82, 2.24) is 9.97 Å². The highest BCUT2D eigenvalue weighted by molar-refractivity contribution is 9.10. The van der Waals surface area contributed by atoms with Crippen LogP contribution < -0.4 is 5.32 Å². The van der Waals surface area contributed by atoms with Gasteiger partial charge in [0.2, 0.25) is 5.28 Å². The summed E-state index contributed by atoms with van der Waals surface area (Å²) in [5.74, 6) is 1.26. The molecule has 1 aliphatic heterocycles. The zero-order valence-corrected chi connectivity index (χ0v) is 11.3. The van der Waals surface area contributed by atoms with E-state index in [1.807, 2.05) is 0 Å². The highest BCUT2D eigenvalue weighted by Crippen LogP contribution is 2.24. The van der Waals surface area contributed by atoms with Crippen molar-refractivity contribution >= 4 is 33.3 Å². The fraction of sp³-hybridized carbons (Fsp3) is 0.600. The van der Waals surface area contributed by atoms with Crippen LogP contribution in [0.5, 0.6) is 0 Å². The minimum Gasteiger partial charge on any atom is -0.378 e. The lowest BCUT2D eigenvalue weighted by Gasteiger charge is -2.15. The van der Waals surface area contributed by atoms with Crippen LogP contribution in [0, 0.1) is 5.92 Å². The molecule has 88 valence electrons. The Labute approximate surface area is 108 Å². The molecular formula is C10H13BrClN3O. The largest absolute Gasteiger partial charge is 0.378 e. The minimum absolute atomic E-state index is 0.251. The maximum atomic E-state index is 5.73. The zero-order chi connectivity index (χ0) is 11.5. The number of halogens is 2. The molecule has 2 heterocycles. The van der Waals surface area contributed by atoms with Crippen LogP contribution in [0.4, 0.5) is 5.82 Å². The third-order valence-corrected chi connectivity index (χ3v) is 3.54. The average Bonchev–Trinajstić information content (AvgIpc) is 2.66. The molecule has 2 rings (SSSR count). The highest BCUT2D eigenvalue weighted by Gasteiger charge is 2.24. The first-order valence-corrected chi connectivity index (χ1v) is 6.37. The van der Waals surface area contributed by atoms with E-state index in [1.54, 1.807) is 6.20 Å². The standard InChI is InChI=1S/C10H13BrClN3O/c1-6-7(2-3-16-6)4-13-9-8(11)5-14-10(12)15-9/h5-7H,2-4H2,1H3,(H,13,14,15). The van der Waals surface area contributed by atoms with Crippen molar-refractivity contribution < 1.29 is 4.74 Å². The number of aromatic nitrogens is 2. The van der Waals surface area contributed by atoms with Crippen molar-refractivity contribution in [3.05, 3.63) is 16.0 Å². The molecule has 1 aromatic rings. The Morgan fingerprint density at radius 1 is 1.69 bits per heavy atom. The first-order valence-electron chi connectivity index (χ1n) is 5.20. The van der Waals surface area contributed by atoms with E-state index in [4.69, 9.17) is 16.3 Å². The maximum Gasteiger partial charge on any atom is 0.224 e. The van der Waals surface area contributed by atoms with E-state index in [0.29, 0.717) is 12.0 Å². The molecule has 0 bridgehead atoms. The van der Waals surface area contributed by atoms with Gasteiger partial charge in [0.25, 0.3) is 0 Å². The Morgan fingerprint density at radius 2 is 2.50 bits per heavy atom. The van der Waals surface area contributed by atoms with Crippen molar-refractivity contribution in [2.24, 2.45) is 5.92 Å². The first-order chi connectivity index (χ1) is 7.66. The molecule has 16 heavy (non-hydrogen) atoms. The van der Waals surface area contributed by atoms with Gasteiger partial charge >= 0.3 is 0 Å². The van der Waals surface area contributed by atoms with Crippen LogP contribution >= 0.6 is 27.5 Å². The van der Waals surface area contributed by atoms with Crippen molar-refractivity contribution in [3.63, 3.8) is 0 Å². The molecule has 2 unspecified atom stereocenters. The molecule has 1 fully saturated rings. The van der Waals surface area contributed by atoms with Gasteiger partial charge in [-0.2, -0.15) is 4.98 Å². The van der Waals surface area contributed by atoms with Crippen LogP contribution in [0.25, 0.3) is 0 Å². The molecule has 1 aliphatic rings. The Kier molecular flexibility index (Phi) is 4.00. The summed E-state index contributed by atoms with van der Waals surface area (Å²) >= 11 is 9.11. The van der Waals surface area contributed by atoms with Crippen LogP contribution in [0.2, 0.25) is 5.28 Å². The second-order valence-electron chi connectivity index (χ2n) is 3.84. The third-order valence-electron chi connectivity index (χ3n) is 2.78. The second-order valence-corrected chi connectivity index (χ2v) is 5.03. The van der Waals surface area contributed by atoms with Gasteiger partial charge in [-0.3, -0.25) is 0 Å². The topological polar surface area (TPSA) is 47.0 Å². The molecule has 0 aromatic carbocycles. The lowest BCUT2D eigenvalue weighted by atomic mass is 10.0. The molecular weight excluding hydrogens is 293 g/mol. The number of nitrogens with one attached hydrogen (secondary N) is 1. The van der Waals surface area contributed by atoms with E-state index >= 15 is 0 Å². The van der Waals surface area contributed by atoms with Crippen LogP contribution in [0.3, 0.4) is 0 Å². The smallest absolute Gasteiger partial charge is 0.224 e. The summed E-state index contributed by atoms with van der Waals surface area (Å²) in [6.45, 7) is 3.79. The quantitative estimate of drug-likeness (QED) is 0.872. The summed E-state index contributed by atoms with van der Waals surface area (Å²) in [7, 11) is 0. The van der Waals surface area contributed by atoms with Gasteiger partial charge in [-0.15, -0.1) is 0 Å². The Hall–Kier alpha value is -0.390. The number of hydrogen-bond donors (Lipinski definition) is 1. The number of hydrogen-bond acceptors (Lipinski definition) is 4. The summed E-state index contributed by atoms with van der Waals surface area (Å²) in [6, 6.07) is 0. The van der Waals surface area contributed by atoms with Gasteiger partial charge in [0, 0.05) is 25.3 Å². The number of nitrogens with zero attached hydrogens (tertiary/aromatic N) is 2. The predicted molar refractivity (Wildman–Crippen MR) is 66.8 cm³/mol. The van der Waals surface area contributed by atoms with Crippen LogP contribution in [0.1, 0.15) is 13.3 Å². The molecule has 6 heteroatoms. The Balaban J connectivity index is 1.96. The number of anilines is 1. The number of ether oxygens (including phenoxy) is 1. The first kappa shape index (κ1) is 12.1. The molecule has 1 saturated heterocycles. The fourth-order valence-electron chi connectivity index (χ4n) is 1.74. The van der Waals surface area contributed by atoms with E-state index in [9.17, 15) is 0 Å². The van der Waals surface area contributed by atoms with Crippen molar-refractivity contribution in [2.45, 2.75) is 19.4 Å². The van der Waals surface area contributed by atoms with E-state index < -0.39 is 0 Å². The summed E-state index contributed by atoms with van der Waals surface area (Å²) < 4.78 is 6.32. The van der Waals surface area contributed by atoms with E-state index in [1.165, 1.54) is 0 Å². The van der Waals surface area contributed by atoms with Crippen LogP contribution in [-0.2, 0) is 4.74 Å². The van der Waals surface area contributed by atoms with Gasteiger partial charge in [0.05, 0.1) is 10.6 Å². The highest BCUT2D eigenvalue weighted by atomic mass is 79.9. The molecule has 0 aliphatic carbocycles. The Morgan fingerprint density at radius 3 is 3.19 bits per heavy atom. The molecule has 0 saturated carbocycles. The van der Waals surface area contributed by atoms with Crippen molar-refractivity contribution in [2.75, 3.05) is 18.5 Å². The van der Waals surface area contributed by atoms with Gasteiger partial charge in [-0.25, -0.2) is 4.98 Å². The minimum atomic E-state index is 0.251. The van der Waals surface area contributed by atoms with Crippen LogP contribution in [-0.4, -0.2) is 29.2 Å². The van der Waals surface area contributed by atoms with Crippen molar-refractivity contribution in [3.8, 4) is 0 Å². The van der Waals surface area contributed by atoms with Crippen molar-refractivity contribution in [1.29, 1.82) is 0 Å². The maximum absolute atomic E-state index is 5.73. The summed E-state index contributed by atoms with van der Waals surface area (Å²) in [5.41, 5.74) is 0. The number of rotatable bonds is 3. The SMILES string of the molecule is CC1OCCC1CNc1nc(Cl)ncc1Br. The van der Waals surface area contributed by atoms with Crippen LogP contribution in [0.15, 0.2) is 10.7 Å². The van der Waals surface area contributed by atoms with Gasteiger partial charge in [0.1, 0.15) is 5.82 Å². The third kappa shape index (κ3) is 2.84. The molecule has 0 spiro atoms. The molecule has 1 aromatic heterocycles. The molecule has 2 atom stereocenters. The molecule has 0 amide bonds. The van der Waals surface area contributed by atoms with E-state index in [-0.39, 0.29) is 5.28 Å². The molecule has 1 N–H and O–H groups in total. The fourth-order valence-corrected chi connectivity index (χ4v) is 2.21. The van der Waals surface area contributed by atoms with Gasteiger partial charge in [-0.1, -0.05) is 0 Å². The molecule has 0 radical (unpaired) electrons. The lowest BCUT2D eigenvalue weighted by Crippen LogP contribution is -2.21. The average molecular weight is 307 g/mol. The predicted octanol–water partition coefficient (Wildman–Crippen LogP) is 2.73. The summed E-state index contributed by atoms with van der Waals surface area (Å²) in [5, 5.41) is 3.51. The Bertz CT molecular complexity index is 377. The van der Waals surface area contributed by atoms with E-state index in [0.717, 1.165) is 29.9 Å². The second kappa shape index (κ2) is 5.29. The zero-order valence-electron chi connectivity index (χ0n) is 8.91.